The molecule has 4 aliphatic carbocycles. The maximum absolute atomic E-state index is 12.7. The van der Waals surface area contributed by atoms with E-state index in [-0.39, 0.29) is 22.9 Å². The third-order valence-corrected chi connectivity index (χ3v) is 6.87. The van der Waals surface area contributed by atoms with Gasteiger partial charge in [-0.15, -0.1) is 0 Å². The number of nitrogens with zero attached hydrogens (tertiary/aromatic N) is 1. The van der Waals surface area contributed by atoms with E-state index in [0.29, 0.717) is 0 Å². The molecule has 2 N–H and O–H groups in total. The van der Waals surface area contributed by atoms with E-state index < -0.39 is 0 Å². The topological polar surface area (TPSA) is 64.9 Å². The van der Waals surface area contributed by atoms with Gasteiger partial charge in [-0.25, -0.2) is 0 Å². The average molecular weight is 349 g/mol. The molecule has 4 heteroatoms. The Morgan fingerprint density at radius 3 is 2.27 bits per heavy atom. The average Bonchev–Trinajstić information content (AvgIpc) is 2.62. The molecule has 1 atom stereocenters. The second-order valence-corrected chi connectivity index (χ2v) is 8.66. The molecule has 4 nitrogen and oxygen atoms in total. The van der Waals surface area contributed by atoms with Crippen LogP contribution >= 0.6 is 0 Å². The standard InChI is InChI=1S/C22H27N3O/c1-15(22-10-16-7-17(11-22)9-18(8-16)12-22)25-21(26)19(13-23)14-24-20-5-3-2-4-6-20/h2-6,14-18,24H,7-12H2,1H3,(H,25,26)/b19-14-. The van der Waals surface area contributed by atoms with Crippen molar-refractivity contribution in [3.05, 3.63) is 42.1 Å². The minimum atomic E-state index is -0.265. The molecule has 1 amide bonds. The summed E-state index contributed by atoms with van der Waals surface area (Å²) in [6, 6.07) is 11.7. The van der Waals surface area contributed by atoms with Gasteiger partial charge in [0, 0.05) is 17.9 Å². The van der Waals surface area contributed by atoms with E-state index in [0.717, 1.165) is 23.4 Å². The Labute approximate surface area is 155 Å². The first-order chi connectivity index (χ1) is 12.6. The van der Waals surface area contributed by atoms with Crippen molar-refractivity contribution >= 4 is 11.6 Å². The van der Waals surface area contributed by atoms with Crippen LogP contribution in [0.4, 0.5) is 5.69 Å². The normalized spacial score (nSPS) is 33.4. The molecule has 0 heterocycles. The van der Waals surface area contributed by atoms with Crippen LogP contribution in [0.25, 0.3) is 0 Å². The predicted octanol–water partition coefficient (Wildman–Crippen LogP) is 4.23. The lowest BCUT2D eigenvalue weighted by Crippen LogP contribution is -2.56. The van der Waals surface area contributed by atoms with Crippen molar-refractivity contribution in [3.63, 3.8) is 0 Å². The minimum Gasteiger partial charge on any atom is -0.360 e. The number of carbonyl (C=O) groups is 1. The number of carbonyl (C=O) groups excluding carboxylic acids is 1. The summed E-state index contributed by atoms with van der Waals surface area (Å²) in [5.74, 6) is 2.29. The second kappa shape index (κ2) is 6.79. The third kappa shape index (κ3) is 3.23. The zero-order valence-corrected chi connectivity index (χ0v) is 15.4. The maximum atomic E-state index is 12.7. The van der Waals surface area contributed by atoms with Crippen molar-refractivity contribution in [2.24, 2.45) is 23.2 Å². The lowest BCUT2D eigenvalue weighted by atomic mass is 9.48. The van der Waals surface area contributed by atoms with Gasteiger partial charge >= 0.3 is 0 Å². The van der Waals surface area contributed by atoms with E-state index in [4.69, 9.17) is 0 Å². The number of para-hydroxylation sites is 1. The highest BCUT2D eigenvalue weighted by Crippen LogP contribution is 2.61. The zero-order valence-electron chi connectivity index (χ0n) is 15.4. The monoisotopic (exact) mass is 349 g/mol. The Hall–Kier alpha value is -2.28. The number of amides is 1. The lowest BCUT2D eigenvalue weighted by Gasteiger charge is -2.59. The van der Waals surface area contributed by atoms with E-state index in [1.54, 1.807) is 0 Å². The van der Waals surface area contributed by atoms with Crippen LogP contribution in [0.2, 0.25) is 0 Å². The Morgan fingerprint density at radius 1 is 1.15 bits per heavy atom. The van der Waals surface area contributed by atoms with Crippen molar-refractivity contribution < 1.29 is 4.79 Å². The molecule has 136 valence electrons. The third-order valence-electron chi connectivity index (χ3n) is 6.87. The van der Waals surface area contributed by atoms with Crippen LogP contribution in [-0.4, -0.2) is 11.9 Å². The molecule has 4 saturated carbocycles. The number of nitrogens with one attached hydrogen (secondary N) is 2. The van der Waals surface area contributed by atoms with Crippen molar-refractivity contribution in [1.82, 2.24) is 5.32 Å². The molecule has 26 heavy (non-hydrogen) atoms. The Morgan fingerprint density at radius 2 is 1.73 bits per heavy atom. The fourth-order valence-electron chi connectivity index (χ4n) is 5.97. The van der Waals surface area contributed by atoms with Gasteiger partial charge in [-0.3, -0.25) is 4.79 Å². The first-order valence-corrected chi connectivity index (χ1v) is 9.81. The van der Waals surface area contributed by atoms with Gasteiger partial charge < -0.3 is 10.6 Å². The van der Waals surface area contributed by atoms with Gasteiger partial charge in [0.1, 0.15) is 11.6 Å². The maximum Gasteiger partial charge on any atom is 0.263 e. The van der Waals surface area contributed by atoms with Crippen molar-refractivity contribution in [1.29, 1.82) is 5.26 Å². The van der Waals surface area contributed by atoms with Crippen molar-refractivity contribution in [2.75, 3.05) is 5.32 Å². The first kappa shape index (κ1) is 17.1. The predicted molar refractivity (Wildman–Crippen MR) is 102 cm³/mol. The van der Waals surface area contributed by atoms with Crippen LogP contribution in [0.5, 0.6) is 0 Å². The lowest BCUT2D eigenvalue weighted by molar-refractivity contribution is -0.122. The molecule has 1 aromatic rings. The summed E-state index contributed by atoms with van der Waals surface area (Å²) in [5, 5.41) is 15.6. The van der Waals surface area contributed by atoms with Gasteiger partial charge in [0.15, 0.2) is 0 Å². The molecule has 1 aromatic carbocycles. The molecule has 0 aromatic heterocycles. The SMILES string of the molecule is CC(NC(=O)/C(C#N)=C\Nc1ccccc1)C12CC3CC(CC(C3)C1)C2. The molecule has 0 spiro atoms. The highest BCUT2D eigenvalue weighted by Gasteiger charge is 2.53. The van der Waals surface area contributed by atoms with Crippen molar-refractivity contribution in [3.8, 4) is 6.07 Å². The molecule has 1 unspecified atom stereocenters. The van der Waals surface area contributed by atoms with Crippen molar-refractivity contribution in [2.45, 2.75) is 51.5 Å². The Kier molecular flexibility index (Phi) is 4.48. The van der Waals surface area contributed by atoms with Crippen LogP contribution in [0.3, 0.4) is 0 Å². The van der Waals surface area contributed by atoms with Gasteiger partial charge in [0.05, 0.1) is 0 Å². The molecule has 4 bridgehead atoms. The summed E-state index contributed by atoms with van der Waals surface area (Å²) in [6.45, 7) is 2.14. The molecule has 4 aliphatic rings. The van der Waals surface area contributed by atoms with E-state index >= 15 is 0 Å². The molecular formula is C22H27N3O. The summed E-state index contributed by atoms with van der Waals surface area (Å²) < 4.78 is 0. The molecule has 5 rings (SSSR count). The molecule has 4 fully saturated rings. The smallest absolute Gasteiger partial charge is 0.263 e. The molecular weight excluding hydrogens is 322 g/mol. The van der Waals surface area contributed by atoms with Gasteiger partial charge in [0.25, 0.3) is 5.91 Å². The fourth-order valence-corrected chi connectivity index (χ4v) is 5.97. The summed E-state index contributed by atoms with van der Waals surface area (Å²) in [4.78, 5) is 12.7. The van der Waals surface area contributed by atoms with E-state index in [9.17, 15) is 10.1 Å². The minimum absolute atomic E-state index is 0.122. The fraction of sp³-hybridized carbons (Fsp3) is 0.545. The van der Waals surface area contributed by atoms with Crippen LogP contribution in [0.1, 0.15) is 45.4 Å². The quantitative estimate of drug-likeness (QED) is 0.618. The molecule has 0 radical (unpaired) electrons. The zero-order chi connectivity index (χ0) is 18.1. The van der Waals surface area contributed by atoms with Gasteiger partial charge in [-0.1, -0.05) is 18.2 Å². The van der Waals surface area contributed by atoms with E-state index in [1.807, 2.05) is 36.4 Å². The van der Waals surface area contributed by atoms with Crippen LogP contribution in [-0.2, 0) is 4.79 Å². The van der Waals surface area contributed by atoms with Gasteiger partial charge in [-0.2, -0.15) is 5.26 Å². The highest BCUT2D eigenvalue weighted by molar-refractivity contribution is 5.97. The first-order valence-electron chi connectivity index (χ1n) is 9.81. The summed E-state index contributed by atoms with van der Waals surface area (Å²) in [6.07, 6.45) is 9.42. The van der Waals surface area contributed by atoms with E-state index in [2.05, 4.69) is 17.6 Å². The summed E-state index contributed by atoms with van der Waals surface area (Å²) in [5.41, 5.74) is 1.24. The number of rotatable bonds is 5. The van der Waals surface area contributed by atoms with E-state index in [1.165, 1.54) is 44.7 Å². The summed E-state index contributed by atoms with van der Waals surface area (Å²) in [7, 11) is 0. The Bertz CT molecular complexity index is 711. The summed E-state index contributed by atoms with van der Waals surface area (Å²) >= 11 is 0. The molecule has 0 saturated heterocycles. The number of nitriles is 1. The number of hydrogen-bond acceptors (Lipinski definition) is 3. The van der Waals surface area contributed by atoms with Crippen LogP contribution in [0.15, 0.2) is 42.1 Å². The molecule has 0 aliphatic heterocycles. The second-order valence-electron chi connectivity index (χ2n) is 8.66. The largest absolute Gasteiger partial charge is 0.360 e. The number of anilines is 1. The van der Waals surface area contributed by atoms with Crippen LogP contribution in [0, 0.1) is 34.5 Å². The van der Waals surface area contributed by atoms with Crippen LogP contribution < -0.4 is 10.6 Å². The number of hydrogen-bond donors (Lipinski definition) is 2. The van der Waals surface area contributed by atoms with Gasteiger partial charge in [0.2, 0.25) is 0 Å². The van der Waals surface area contributed by atoms with Gasteiger partial charge in [-0.05, 0) is 80.8 Å². The number of benzene rings is 1. The highest BCUT2D eigenvalue weighted by atomic mass is 16.1. The Balaban J connectivity index is 1.42.